The Balaban J connectivity index is 2.03. The SMILES string of the molecule is CN1CCC(c2cn(N)c3ccc(C(=O)C(C)(C)C)cc23)CC1. The third-order valence-electron chi connectivity index (χ3n) is 4.97. The van der Waals surface area contributed by atoms with E-state index in [0.29, 0.717) is 5.92 Å². The van der Waals surface area contributed by atoms with Crippen LogP contribution in [0.2, 0.25) is 0 Å². The van der Waals surface area contributed by atoms with Crippen LogP contribution in [0.5, 0.6) is 0 Å². The largest absolute Gasteiger partial charge is 0.339 e. The first-order valence-corrected chi connectivity index (χ1v) is 8.41. The van der Waals surface area contributed by atoms with E-state index in [1.807, 2.05) is 45.2 Å². The van der Waals surface area contributed by atoms with Crippen LogP contribution in [0.15, 0.2) is 24.4 Å². The predicted octanol–water partition coefficient (Wildman–Crippen LogP) is 3.39. The van der Waals surface area contributed by atoms with Crippen molar-refractivity contribution in [1.29, 1.82) is 0 Å². The quantitative estimate of drug-likeness (QED) is 0.683. The molecular weight excluding hydrogens is 286 g/mol. The number of nitrogens with two attached hydrogens (primary N) is 1. The summed E-state index contributed by atoms with van der Waals surface area (Å²) in [4.78, 5) is 15.0. The lowest BCUT2D eigenvalue weighted by atomic mass is 9.85. The minimum absolute atomic E-state index is 0.179. The van der Waals surface area contributed by atoms with E-state index < -0.39 is 0 Å². The fraction of sp³-hybridized carbons (Fsp3) is 0.526. The van der Waals surface area contributed by atoms with Crippen molar-refractivity contribution in [2.75, 3.05) is 26.0 Å². The summed E-state index contributed by atoms with van der Waals surface area (Å²) in [5, 5.41) is 1.14. The summed E-state index contributed by atoms with van der Waals surface area (Å²) in [6, 6.07) is 5.92. The number of ketones is 1. The number of carbonyl (C=O) groups excluding carboxylic acids is 1. The summed E-state index contributed by atoms with van der Waals surface area (Å²) < 4.78 is 1.70. The van der Waals surface area contributed by atoms with E-state index in [1.165, 1.54) is 5.56 Å². The molecule has 0 bridgehead atoms. The van der Waals surface area contributed by atoms with Crippen molar-refractivity contribution in [2.45, 2.75) is 39.5 Å². The molecule has 2 aromatic rings. The van der Waals surface area contributed by atoms with E-state index >= 15 is 0 Å². The topological polar surface area (TPSA) is 51.3 Å². The van der Waals surface area contributed by atoms with Crippen LogP contribution in [0.4, 0.5) is 0 Å². The molecule has 1 saturated heterocycles. The standard InChI is InChI=1S/C19H27N3O/c1-19(2,3)18(23)14-5-6-17-15(11-14)16(12-22(17)20)13-7-9-21(4)10-8-13/h5-6,11-13H,7-10,20H2,1-4H3. The third kappa shape index (κ3) is 3.00. The molecule has 0 saturated carbocycles. The number of likely N-dealkylation sites (tertiary alicyclic amines) is 1. The maximum atomic E-state index is 12.6. The first kappa shape index (κ1) is 16.1. The molecule has 0 aliphatic carbocycles. The zero-order valence-corrected chi connectivity index (χ0v) is 14.6. The first-order chi connectivity index (χ1) is 10.8. The molecule has 4 nitrogen and oxygen atoms in total. The molecule has 2 N–H and O–H groups in total. The molecule has 4 heteroatoms. The minimum atomic E-state index is -0.368. The number of piperidine rings is 1. The zero-order valence-electron chi connectivity index (χ0n) is 14.6. The van der Waals surface area contributed by atoms with Crippen molar-refractivity contribution in [1.82, 2.24) is 9.58 Å². The smallest absolute Gasteiger partial charge is 0.168 e. The van der Waals surface area contributed by atoms with Crippen LogP contribution in [0.3, 0.4) is 0 Å². The van der Waals surface area contributed by atoms with Gasteiger partial charge in [0.2, 0.25) is 0 Å². The lowest BCUT2D eigenvalue weighted by Gasteiger charge is -2.28. The number of aromatic nitrogens is 1. The molecule has 0 unspecified atom stereocenters. The van der Waals surface area contributed by atoms with Crippen LogP contribution < -0.4 is 5.84 Å². The van der Waals surface area contributed by atoms with Crippen LogP contribution >= 0.6 is 0 Å². The maximum absolute atomic E-state index is 12.6. The average Bonchev–Trinajstić information content (AvgIpc) is 2.83. The Labute approximate surface area is 138 Å². The van der Waals surface area contributed by atoms with E-state index in [1.54, 1.807) is 4.68 Å². The molecule has 124 valence electrons. The second-order valence-electron chi connectivity index (χ2n) is 7.88. The predicted molar refractivity (Wildman–Crippen MR) is 95.3 cm³/mol. The Morgan fingerprint density at radius 1 is 1.22 bits per heavy atom. The molecule has 1 aliphatic rings. The number of carbonyl (C=O) groups is 1. The van der Waals surface area contributed by atoms with Gasteiger partial charge in [-0.15, -0.1) is 0 Å². The van der Waals surface area contributed by atoms with Gasteiger partial charge in [0, 0.05) is 22.6 Å². The van der Waals surface area contributed by atoms with Crippen molar-refractivity contribution >= 4 is 16.7 Å². The minimum Gasteiger partial charge on any atom is -0.339 e. The van der Waals surface area contributed by atoms with E-state index in [0.717, 1.165) is 42.4 Å². The molecule has 3 rings (SSSR count). The molecule has 0 amide bonds. The second-order valence-corrected chi connectivity index (χ2v) is 7.88. The highest BCUT2D eigenvalue weighted by atomic mass is 16.1. The number of hydrogen-bond donors (Lipinski definition) is 1. The normalized spacial score (nSPS) is 17.7. The Hall–Kier alpha value is -1.81. The Morgan fingerprint density at radius 2 is 1.87 bits per heavy atom. The highest BCUT2D eigenvalue weighted by Crippen LogP contribution is 2.34. The van der Waals surface area contributed by atoms with Gasteiger partial charge >= 0.3 is 0 Å². The average molecular weight is 313 g/mol. The Bertz CT molecular complexity index is 731. The zero-order chi connectivity index (χ0) is 16.8. The van der Waals surface area contributed by atoms with E-state index in [4.69, 9.17) is 5.84 Å². The van der Waals surface area contributed by atoms with Gasteiger partial charge in [-0.25, -0.2) is 0 Å². The molecule has 0 spiro atoms. The number of hydrogen-bond acceptors (Lipinski definition) is 3. The van der Waals surface area contributed by atoms with Crippen molar-refractivity contribution in [2.24, 2.45) is 5.41 Å². The fourth-order valence-electron chi connectivity index (χ4n) is 3.50. The summed E-state index contributed by atoms with van der Waals surface area (Å²) in [6.07, 6.45) is 4.34. The van der Waals surface area contributed by atoms with Crippen LogP contribution in [-0.2, 0) is 0 Å². The number of Topliss-reactive ketones (excluding diaryl/α,β-unsaturated/α-hetero) is 1. The van der Waals surface area contributed by atoms with Crippen LogP contribution in [0.25, 0.3) is 10.9 Å². The fourth-order valence-corrected chi connectivity index (χ4v) is 3.50. The molecule has 23 heavy (non-hydrogen) atoms. The van der Waals surface area contributed by atoms with Gasteiger partial charge < -0.3 is 10.7 Å². The summed E-state index contributed by atoms with van der Waals surface area (Å²) in [5.74, 6) is 6.85. The monoisotopic (exact) mass is 313 g/mol. The third-order valence-corrected chi connectivity index (χ3v) is 4.97. The Morgan fingerprint density at radius 3 is 2.48 bits per heavy atom. The van der Waals surface area contributed by atoms with Gasteiger partial charge in [-0.2, -0.15) is 0 Å². The van der Waals surface area contributed by atoms with Crippen molar-refractivity contribution in [3.8, 4) is 0 Å². The molecule has 1 fully saturated rings. The van der Waals surface area contributed by atoms with Gasteiger partial charge in [-0.1, -0.05) is 20.8 Å². The number of nitrogen functional groups attached to an aromatic ring is 1. The van der Waals surface area contributed by atoms with Gasteiger partial charge in [-0.05, 0) is 62.7 Å². The van der Waals surface area contributed by atoms with Gasteiger partial charge in [-0.3, -0.25) is 9.47 Å². The molecule has 2 heterocycles. The van der Waals surface area contributed by atoms with Crippen molar-refractivity contribution < 1.29 is 4.79 Å². The molecule has 0 radical (unpaired) electrons. The maximum Gasteiger partial charge on any atom is 0.168 e. The lowest BCUT2D eigenvalue weighted by Crippen LogP contribution is -2.29. The van der Waals surface area contributed by atoms with Gasteiger partial charge in [0.15, 0.2) is 5.78 Å². The van der Waals surface area contributed by atoms with Crippen LogP contribution in [0, 0.1) is 5.41 Å². The van der Waals surface area contributed by atoms with Crippen molar-refractivity contribution in [3.63, 3.8) is 0 Å². The molecule has 1 aromatic carbocycles. The number of fused-ring (bicyclic) bond motifs is 1. The Kier molecular flexibility index (Phi) is 3.96. The van der Waals surface area contributed by atoms with Crippen LogP contribution in [0.1, 0.15) is 55.5 Å². The number of rotatable bonds is 2. The van der Waals surface area contributed by atoms with E-state index in [9.17, 15) is 4.79 Å². The summed E-state index contributed by atoms with van der Waals surface area (Å²) in [6.45, 7) is 8.12. The summed E-state index contributed by atoms with van der Waals surface area (Å²) >= 11 is 0. The highest BCUT2D eigenvalue weighted by Gasteiger charge is 2.25. The van der Waals surface area contributed by atoms with Gasteiger partial charge in [0.05, 0.1) is 5.52 Å². The van der Waals surface area contributed by atoms with Crippen LogP contribution in [-0.4, -0.2) is 35.5 Å². The summed E-state index contributed by atoms with van der Waals surface area (Å²) in [7, 11) is 2.17. The molecule has 1 aromatic heterocycles. The molecule has 1 aliphatic heterocycles. The molecule has 0 atom stereocenters. The summed E-state index contributed by atoms with van der Waals surface area (Å²) in [5.41, 5.74) is 2.71. The van der Waals surface area contributed by atoms with Gasteiger partial charge in [0.25, 0.3) is 0 Å². The van der Waals surface area contributed by atoms with Crippen molar-refractivity contribution in [3.05, 3.63) is 35.5 Å². The van der Waals surface area contributed by atoms with Gasteiger partial charge in [0.1, 0.15) is 0 Å². The number of nitrogens with zero attached hydrogens (tertiary/aromatic N) is 2. The van der Waals surface area contributed by atoms with E-state index in [-0.39, 0.29) is 11.2 Å². The van der Waals surface area contributed by atoms with E-state index in [2.05, 4.69) is 11.9 Å². The first-order valence-electron chi connectivity index (χ1n) is 8.41. The highest BCUT2D eigenvalue weighted by molar-refractivity contribution is 6.03. The number of benzene rings is 1. The molecular formula is C19H27N3O. The second kappa shape index (κ2) is 5.68. The lowest BCUT2D eigenvalue weighted by molar-refractivity contribution is 0.0858.